The van der Waals surface area contributed by atoms with Crippen LogP contribution in [0.5, 0.6) is 0 Å². The number of benzene rings is 1. The van der Waals surface area contributed by atoms with Crippen molar-refractivity contribution in [1.82, 2.24) is 4.90 Å². The van der Waals surface area contributed by atoms with Crippen LogP contribution in [0.25, 0.3) is 0 Å². The highest BCUT2D eigenvalue weighted by atomic mass is 32.2. The molecule has 0 aliphatic carbocycles. The molecular weight excluding hydrogens is 460 g/mol. The number of aryl methyl sites for hydroxylation is 1. The average molecular weight is 489 g/mol. The first kappa shape index (κ1) is 25.6. The van der Waals surface area contributed by atoms with Crippen LogP contribution in [-0.2, 0) is 15.3 Å². The lowest BCUT2D eigenvalue weighted by atomic mass is 10.1. The summed E-state index contributed by atoms with van der Waals surface area (Å²) in [5, 5.41) is 12.1. The Kier molecular flexibility index (Phi) is 8.97. The molecule has 2 aromatic rings. The van der Waals surface area contributed by atoms with E-state index >= 15 is 0 Å². The first-order valence-electron chi connectivity index (χ1n) is 11.1. The second-order valence-electron chi connectivity index (χ2n) is 7.97. The molecule has 1 amide bonds. The van der Waals surface area contributed by atoms with Gasteiger partial charge in [0.2, 0.25) is 0 Å². The second-order valence-corrected chi connectivity index (χ2v) is 9.95. The number of thiophene rings is 1. The molecule has 1 aliphatic heterocycles. The topological polar surface area (TPSA) is 66.8 Å². The number of methoxy groups -OCH3 is 1. The molecule has 1 N–H and O–H groups in total. The standard InChI is InChI=1S/C26H28F2NO4S/c1-33-24(31)23-13-7-17-34(23)18-8-16-29-21(19-26(27,28)25(29)32)14-15-22(30)12-6-5-11-20-9-3-2-4-10-20/h2-4,7,9-10,13-15,17,21-22,30H,6,8,12,16,18-19H2,1H3/q+1/b15-14+/t21-,22-,34?/m0/s1. The van der Waals surface area contributed by atoms with Crippen LogP contribution in [0.15, 0.2) is 60.0 Å². The van der Waals surface area contributed by atoms with E-state index < -0.39 is 46.8 Å². The van der Waals surface area contributed by atoms with E-state index in [4.69, 9.17) is 4.74 Å². The number of nitrogens with zero attached hydrogens (tertiary/aromatic N) is 1. The van der Waals surface area contributed by atoms with E-state index in [9.17, 15) is 23.5 Å². The number of halogens is 2. The lowest BCUT2D eigenvalue weighted by molar-refractivity contribution is -0.148. The number of aliphatic hydroxyl groups excluding tert-OH is 1. The normalized spacial score (nSPS) is 18.6. The van der Waals surface area contributed by atoms with Crippen molar-refractivity contribution in [3.05, 3.63) is 70.4 Å². The molecular formula is C26H28F2NO4S+. The van der Waals surface area contributed by atoms with Crippen LogP contribution in [0.1, 0.15) is 40.9 Å². The van der Waals surface area contributed by atoms with Crippen LogP contribution in [0.2, 0.25) is 0 Å². The smallest absolute Gasteiger partial charge is 0.391 e. The number of esters is 1. The van der Waals surface area contributed by atoms with Crippen molar-refractivity contribution in [3.63, 3.8) is 0 Å². The zero-order valence-electron chi connectivity index (χ0n) is 19.0. The quantitative estimate of drug-likeness (QED) is 0.243. The third-order valence-electron chi connectivity index (χ3n) is 5.49. The van der Waals surface area contributed by atoms with Gasteiger partial charge in [0.1, 0.15) is 11.1 Å². The van der Waals surface area contributed by atoms with Crippen LogP contribution in [0.4, 0.5) is 8.78 Å². The largest absolute Gasteiger partial charge is 0.462 e. The Balaban J connectivity index is 1.54. The van der Waals surface area contributed by atoms with Crippen LogP contribution in [0.3, 0.4) is 0 Å². The number of hydrogen-bond donors (Lipinski definition) is 1. The molecule has 5 nitrogen and oxygen atoms in total. The highest BCUT2D eigenvalue weighted by molar-refractivity contribution is 7.30. The van der Waals surface area contributed by atoms with Crippen molar-refractivity contribution in [2.45, 2.75) is 49.5 Å². The minimum Gasteiger partial charge on any atom is -0.462 e. The monoisotopic (exact) mass is 488 g/mol. The Labute approximate surface area is 201 Å². The van der Waals surface area contributed by atoms with E-state index in [2.05, 4.69) is 11.8 Å². The van der Waals surface area contributed by atoms with Crippen LogP contribution >= 0.6 is 10.5 Å². The van der Waals surface area contributed by atoms with E-state index in [0.29, 0.717) is 29.9 Å². The van der Waals surface area contributed by atoms with Crippen molar-refractivity contribution in [3.8, 4) is 11.8 Å². The molecule has 3 atom stereocenters. The number of likely N-dealkylation sites (tertiary alicyclic amines) is 1. The lowest BCUT2D eigenvalue weighted by Gasteiger charge is -2.21. The number of rotatable bonds is 9. The molecule has 2 heterocycles. The van der Waals surface area contributed by atoms with Gasteiger partial charge in [-0.3, -0.25) is 4.79 Å². The summed E-state index contributed by atoms with van der Waals surface area (Å²) in [7, 11) is 0.858. The summed E-state index contributed by atoms with van der Waals surface area (Å²) >= 11 is 0. The summed E-state index contributed by atoms with van der Waals surface area (Å²) in [6, 6.07) is 12.2. The van der Waals surface area contributed by atoms with Gasteiger partial charge in [0, 0.05) is 37.4 Å². The van der Waals surface area contributed by atoms with Gasteiger partial charge in [-0.05, 0) is 35.1 Å². The fourth-order valence-corrected chi connectivity index (χ4v) is 5.51. The molecule has 1 aromatic carbocycles. The maximum absolute atomic E-state index is 14.1. The van der Waals surface area contributed by atoms with E-state index in [-0.39, 0.29) is 6.54 Å². The summed E-state index contributed by atoms with van der Waals surface area (Å²) in [5.74, 6) is 1.54. The van der Waals surface area contributed by atoms with Gasteiger partial charge in [-0.2, -0.15) is 8.78 Å². The van der Waals surface area contributed by atoms with Crippen molar-refractivity contribution in [1.29, 1.82) is 0 Å². The summed E-state index contributed by atoms with van der Waals surface area (Å²) < 4.78 is 33.0. The van der Waals surface area contributed by atoms with Crippen molar-refractivity contribution in [2.75, 3.05) is 13.7 Å². The third kappa shape index (κ3) is 6.75. The van der Waals surface area contributed by atoms with E-state index in [1.54, 1.807) is 12.1 Å². The van der Waals surface area contributed by atoms with Gasteiger partial charge in [0.15, 0.2) is 0 Å². The molecule has 0 radical (unpaired) electrons. The van der Waals surface area contributed by atoms with E-state index in [0.717, 1.165) is 5.56 Å². The molecule has 0 saturated carbocycles. The number of amides is 1. The number of ether oxygens (including phenoxy) is 1. The Morgan fingerprint density at radius 2 is 2.09 bits per heavy atom. The van der Waals surface area contributed by atoms with Crippen molar-refractivity contribution >= 4 is 22.3 Å². The number of carbonyl (C=O) groups excluding carboxylic acids is 2. The molecule has 1 fully saturated rings. The zero-order valence-corrected chi connectivity index (χ0v) is 19.8. The minimum atomic E-state index is -3.42. The molecule has 8 heteroatoms. The fourth-order valence-electron chi connectivity index (χ4n) is 3.75. The predicted molar refractivity (Wildman–Crippen MR) is 128 cm³/mol. The minimum absolute atomic E-state index is 0.147. The molecule has 1 aromatic heterocycles. The Bertz CT molecular complexity index is 1070. The van der Waals surface area contributed by atoms with Gasteiger partial charge in [0.05, 0.1) is 19.3 Å². The lowest BCUT2D eigenvalue weighted by Crippen LogP contribution is -2.36. The molecule has 1 saturated heterocycles. The highest BCUT2D eigenvalue weighted by Crippen LogP contribution is 2.35. The molecule has 1 aliphatic rings. The van der Waals surface area contributed by atoms with Crippen LogP contribution in [-0.4, -0.2) is 53.6 Å². The number of hydrogen-bond acceptors (Lipinski definition) is 4. The fraction of sp³-hybridized carbons (Fsp3) is 0.385. The summed E-state index contributed by atoms with van der Waals surface area (Å²) in [6.45, 7) is 0.147. The van der Waals surface area contributed by atoms with Crippen molar-refractivity contribution in [2.24, 2.45) is 0 Å². The summed E-state index contributed by atoms with van der Waals surface area (Å²) in [4.78, 5) is 25.8. The van der Waals surface area contributed by atoms with E-state index in [1.807, 2.05) is 35.7 Å². The summed E-state index contributed by atoms with van der Waals surface area (Å²) in [6.07, 6.45) is 2.80. The maximum atomic E-state index is 14.1. The van der Waals surface area contributed by atoms with Gasteiger partial charge in [-0.15, -0.1) is 0 Å². The Morgan fingerprint density at radius 3 is 2.82 bits per heavy atom. The first-order valence-corrected chi connectivity index (χ1v) is 12.5. The number of aliphatic hydroxyl groups is 1. The van der Waals surface area contributed by atoms with Gasteiger partial charge in [0.25, 0.3) is 10.8 Å². The Hall–Kier alpha value is -3.02. The number of carbonyl (C=O) groups is 2. The van der Waals surface area contributed by atoms with Crippen LogP contribution in [0, 0.1) is 11.8 Å². The van der Waals surface area contributed by atoms with Gasteiger partial charge in [-0.25, -0.2) is 4.79 Å². The SMILES string of the molecule is COC(=O)c1ccc[s+]1CCCN1C(=O)C(F)(F)C[C@@H]1/C=C/[C@@H](O)CCC#Cc1ccccc1. The van der Waals surface area contributed by atoms with Crippen LogP contribution < -0.4 is 0 Å². The first-order chi connectivity index (χ1) is 16.3. The average Bonchev–Trinajstić information content (AvgIpc) is 3.38. The molecule has 0 bridgehead atoms. The summed E-state index contributed by atoms with van der Waals surface area (Å²) in [5.41, 5.74) is 0.887. The molecule has 1 unspecified atom stereocenters. The molecule has 3 rings (SSSR count). The van der Waals surface area contributed by atoms with Gasteiger partial charge < -0.3 is 14.7 Å². The van der Waals surface area contributed by atoms with Gasteiger partial charge in [-0.1, -0.05) is 42.2 Å². The molecule has 0 spiro atoms. The van der Waals surface area contributed by atoms with E-state index in [1.165, 1.54) is 24.2 Å². The highest BCUT2D eigenvalue weighted by Gasteiger charge is 2.52. The molecule has 180 valence electrons. The third-order valence-corrected chi connectivity index (χ3v) is 7.57. The predicted octanol–water partition coefficient (Wildman–Crippen LogP) is 4.60. The Morgan fingerprint density at radius 1 is 1.32 bits per heavy atom. The molecule has 34 heavy (non-hydrogen) atoms. The maximum Gasteiger partial charge on any atom is 0.391 e. The van der Waals surface area contributed by atoms with Crippen molar-refractivity contribution < 1.29 is 28.2 Å². The number of alkyl halides is 2. The zero-order chi connectivity index (χ0) is 24.6. The second kappa shape index (κ2) is 11.9. The van der Waals surface area contributed by atoms with Gasteiger partial charge >= 0.3 is 11.9 Å².